The summed E-state index contributed by atoms with van der Waals surface area (Å²) in [4.78, 5) is 37.9. The Morgan fingerprint density at radius 3 is 2.42 bits per heavy atom. The molecule has 1 heterocycles. The second-order valence-corrected chi connectivity index (χ2v) is 5.67. The number of carbonyl (C=O) groups is 1. The van der Waals surface area contributed by atoms with Crippen LogP contribution in [0.2, 0.25) is 0 Å². The molecule has 2 aromatic rings. The summed E-state index contributed by atoms with van der Waals surface area (Å²) in [6, 6.07) is 9.72. The number of rotatable bonds is 5. The van der Waals surface area contributed by atoms with E-state index in [0.29, 0.717) is 6.54 Å². The van der Waals surface area contributed by atoms with Crippen molar-refractivity contribution in [2.75, 3.05) is 24.6 Å². The van der Waals surface area contributed by atoms with Crippen LogP contribution >= 0.6 is 0 Å². The van der Waals surface area contributed by atoms with E-state index in [1.165, 1.54) is 14.1 Å². The number of hydrogen-bond donors (Lipinski definition) is 2. The molecule has 1 aromatic carbocycles. The van der Waals surface area contributed by atoms with Gasteiger partial charge < -0.3 is 11.1 Å². The molecule has 0 aliphatic heterocycles. The molecule has 0 aliphatic rings. The van der Waals surface area contributed by atoms with Gasteiger partial charge in [-0.2, -0.15) is 0 Å². The summed E-state index contributed by atoms with van der Waals surface area (Å²) in [5.41, 5.74) is 5.59. The molecule has 8 heteroatoms. The van der Waals surface area contributed by atoms with E-state index >= 15 is 0 Å². The number of nitrogens with one attached hydrogen (secondary N) is 1. The van der Waals surface area contributed by atoms with Gasteiger partial charge in [0.2, 0.25) is 5.91 Å². The fraction of sp³-hybridized carbons (Fsp3) is 0.312. The van der Waals surface area contributed by atoms with Crippen LogP contribution in [-0.2, 0) is 25.4 Å². The highest BCUT2D eigenvalue weighted by molar-refractivity contribution is 5.94. The smallest absolute Gasteiger partial charge is 0.332 e. The van der Waals surface area contributed by atoms with Gasteiger partial charge in [-0.25, -0.2) is 4.79 Å². The molecule has 24 heavy (non-hydrogen) atoms. The van der Waals surface area contributed by atoms with Gasteiger partial charge >= 0.3 is 5.69 Å². The van der Waals surface area contributed by atoms with Crippen molar-refractivity contribution < 1.29 is 4.79 Å². The van der Waals surface area contributed by atoms with Crippen LogP contribution in [0.25, 0.3) is 0 Å². The van der Waals surface area contributed by atoms with E-state index in [1.54, 1.807) is 7.05 Å². The van der Waals surface area contributed by atoms with E-state index in [2.05, 4.69) is 5.32 Å². The van der Waals surface area contributed by atoms with Crippen LogP contribution in [0.15, 0.2) is 39.9 Å². The third-order valence-electron chi connectivity index (χ3n) is 3.68. The van der Waals surface area contributed by atoms with Crippen molar-refractivity contribution in [3.05, 3.63) is 56.7 Å². The summed E-state index contributed by atoms with van der Waals surface area (Å²) in [7, 11) is 4.57. The standard InChI is InChI=1S/C16H21N5O3/c1-19(9-11-7-5-4-6-8-11)10-12(22)18-13-14(17)20(2)16(24)21(3)15(13)23/h4-8H,9-10,17H2,1-3H3,(H,18,22). The van der Waals surface area contributed by atoms with E-state index in [9.17, 15) is 14.4 Å². The zero-order valence-corrected chi connectivity index (χ0v) is 13.9. The van der Waals surface area contributed by atoms with Crippen molar-refractivity contribution in [1.29, 1.82) is 0 Å². The van der Waals surface area contributed by atoms with Gasteiger partial charge in [0.05, 0.1) is 6.54 Å². The predicted molar refractivity (Wildman–Crippen MR) is 92.7 cm³/mol. The fourth-order valence-corrected chi connectivity index (χ4v) is 2.35. The lowest BCUT2D eigenvalue weighted by molar-refractivity contribution is -0.117. The molecule has 0 bridgehead atoms. The SMILES string of the molecule is CN(CC(=O)Nc1c(N)n(C)c(=O)n(C)c1=O)Cc1ccccc1. The highest BCUT2D eigenvalue weighted by atomic mass is 16.2. The molecule has 0 saturated heterocycles. The summed E-state index contributed by atoms with van der Waals surface area (Å²) in [5, 5.41) is 2.51. The van der Waals surface area contributed by atoms with Crippen molar-refractivity contribution in [2.24, 2.45) is 14.1 Å². The van der Waals surface area contributed by atoms with Crippen LogP contribution in [0.3, 0.4) is 0 Å². The molecule has 128 valence electrons. The number of hydrogen-bond acceptors (Lipinski definition) is 5. The zero-order chi connectivity index (χ0) is 17.9. The Morgan fingerprint density at radius 1 is 1.17 bits per heavy atom. The van der Waals surface area contributed by atoms with Gasteiger partial charge in [-0.3, -0.25) is 23.6 Å². The van der Waals surface area contributed by atoms with Gasteiger partial charge in [0, 0.05) is 20.6 Å². The Hall–Kier alpha value is -2.87. The third kappa shape index (κ3) is 3.72. The predicted octanol–water partition coefficient (Wildman–Crippen LogP) is -0.263. The second-order valence-electron chi connectivity index (χ2n) is 5.67. The van der Waals surface area contributed by atoms with Crippen LogP contribution in [-0.4, -0.2) is 33.5 Å². The van der Waals surface area contributed by atoms with Gasteiger partial charge in [-0.1, -0.05) is 30.3 Å². The van der Waals surface area contributed by atoms with E-state index in [0.717, 1.165) is 14.7 Å². The van der Waals surface area contributed by atoms with E-state index in [4.69, 9.17) is 5.73 Å². The molecule has 3 N–H and O–H groups in total. The van der Waals surface area contributed by atoms with Crippen LogP contribution in [0.4, 0.5) is 11.5 Å². The monoisotopic (exact) mass is 331 g/mol. The minimum absolute atomic E-state index is 0.0674. The highest BCUT2D eigenvalue weighted by Crippen LogP contribution is 2.09. The zero-order valence-electron chi connectivity index (χ0n) is 13.9. The first-order valence-corrected chi connectivity index (χ1v) is 7.39. The second kappa shape index (κ2) is 7.14. The number of nitrogens with zero attached hydrogens (tertiary/aromatic N) is 3. The summed E-state index contributed by atoms with van der Waals surface area (Å²) in [6.07, 6.45) is 0. The summed E-state index contributed by atoms with van der Waals surface area (Å²) >= 11 is 0. The summed E-state index contributed by atoms with van der Waals surface area (Å²) < 4.78 is 2.02. The molecular formula is C16H21N5O3. The Balaban J connectivity index is 2.11. The minimum atomic E-state index is -0.630. The largest absolute Gasteiger partial charge is 0.383 e. The maximum absolute atomic E-state index is 12.2. The lowest BCUT2D eigenvalue weighted by Gasteiger charge is -2.17. The lowest BCUT2D eigenvalue weighted by Crippen LogP contribution is -2.41. The van der Waals surface area contributed by atoms with Gasteiger partial charge in [0.25, 0.3) is 5.56 Å². The number of nitrogens with two attached hydrogens (primary N) is 1. The quantitative estimate of drug-likeness (QED) is 0.786. The number of amides is 1. The Labute approximate surface area is 139 Å². The van der Waals surface area contributed by atoms with E-state index in [1.807, 2.05) is 35.2 Å². The lowest BCUT2D eigenvalue weighted by atomic mass is 10.2. The number of nitrogen functional groups attached to an aromatic ring is 1. The van der Waals surface area contributed by atoms with Gasteiger partial charge in [0.15, 0.2) is 0 Å². The molecule has 1 aromatic heterocycles. The summed E-state index contributed by atoms with van der Waals surface area (Å²) in [5.74, 6) is -0.446. The molecule has 0 unspecified atom stereocenters. The molecule has 0 radical (unpaired) electrons. The van der Waals surface area contributed by atoms with Crippen molar-refractivity contribution in [3.8, 4) is 0 Å². The first-order valence-electron chi connectivity index (χ1n) is 7.39. The average molecular weight is 331 g/mol. The Bertz CT molecular complexity index is 854. The highest BCUT2D eigenvalue weighted by Gasteiger charge is 2.16. The number of likely N-dealkylation sites (N-methyl/N-ethyl adjacent to an activating group) is 1. The molecule has 2 rings (SSSR count). The maximum atomic E-state index is 12.2. The molecule has 0 spiro atoms. The van der Waals surface area contributed by atoms with Crippen molar-refractivity contribution in [2.45, 2.75) is 6.54 Å². The van der Waals surface area contributed by atoms with Gasteiger partial charge in [0.1, 0.15) is 11.5 Å². The molecule has 0 aliphatic carbocycles. The number of aromatic nitrogens is 2. The molecule has 0 fully saturated rings. The topological polar surface area (TPSA) is 102 Å². The maximum Gasteiger partial charge on any atom is 0.332 e. The minimum Gasteiger partial charge on any atom is -0.383 e. The van der Waals surface area contributed by atoms with Crippen molar-refractivity contribution in [1.82, 2.24) is 14.0 Å². The molecule has 1 amide bonds. The third-order valence-corrected chi connectivity index (χ3v) is 3.68. The fourth-order valence-electron chi connectivity index (χ4n) is 2.35. The molecule has 0 atom stereocenters. The number of benzene rings is 1. The van der Waals surface area contributed by atoms with Crippen molar-refractivity contribution >= 4 is 17.4 Å². The first-order chi connectivity index (χ1) is 11.3. The average Bonchev–Trinajstić information content (AvgIpc) is 2.56. The van der Waals surface area contributed by atoms with Crippen molar-refractivity contribution in [3.63, 3.8) is 0 Å². The van der Waals surface area contributed by atoms with Gasteiger partial charge in [-0.05, 0) is 12.6 Å². The van der Waals surface area contributed by atoms with Crippen LogP contribution in [0.1, 0.15) is 5.56 Å². The van der Waals surface area contributed by atoms with E-state index < -0.39 is 11.2 Å². The molecule has 8 nitrogen and oxygen atoms in total. The summed E-state index contributed by atoms with van der Waals surface area (Å²) in [6.45, 7) is 0.676. The van der Waals surface area contributed by atoms with E-state index in [-0.39, 0.29) is 24.0 Å². The van der Waals surface area contributed by atoms with Crippen LogP contribution in [0, 0.1) is 0 Å². The first kappa shape index (κ1) is 17.5. The number of anilines is 2. The van der Waals surface area contributed by atoms with Crippen LogP contribution in [0.5, 0.6) is 0 Å². The number of carbonyl (C=O) groups excluding carboxylic acids is 1. The molecule has 0 saturated carbocycles. The van der Waals surface area contributed by atoms with Crippen LogP contribution < -0.4 is 22.3 Å². The molecular weight excluding hydrogens is 310 g/mol. The Kier molecular flexibility index (Phi) is 5.20. The Morgan fingerprint density at radius 2 is 1.79 bits per heavy atom. The normalized spacial score (nSPS) is 10.8. The van der Waals surface area contributed by atoms with Gasteiger partial charge in [-0.15, -0.1) is 0 Å².